The van der Waals surface area contributed by atoms with Gasteiger partial charge in [0, 0.05) is 0 Å². The molecule has 0 radical (unpaired) electrons. The Morgan fingerprint density at radius 3 is 2.50 bits per heavy atom. The van der Waals surface area contributed by atoms with Gasteiger partial charge in [0.15, 0.2) is 0 Å². The van der Waals surface area contributed by atoms with Gasteiger partial charge in [-0.25, -0.2) is 0 Å². The predicted molar refractivity (Wildman–Crippen MR) is 121 cm³/mol. The van der Waals surface area contributed by atoms with E-state index in [0.717, 1.165) is 6.42 Å². The third-order valence-corrected chi connectivity index (χ3v) is 8.31. The zero-order chi connectivity index (χ0) is 19.6. The Morgan fingerprint density at radius 2 is 1.71 bits per heavy atom. The summed E-state index contributed by atoms with van der Waals surface area (Å²) in [6, 6.07) is 20.4. The molecule has 0 atom stereocenters. The van der Waals surface area contributed by atoms with Crippen LogP contribution >= 0.6 is 0 Å². The van der Waals surface area contributed by atoms with Crippen molar-refractivity contribution < 1.29 is 4.57 Å². The molecule has 140 valence electrons. The first-order valence-electron chi connectivity index (χ1n) is 9.99. The Hall–Kier alpha value is -2.15. The summed E-state index contributed by atoms with van der Waals surface area (Å²) in [7, 11) is 2.25. The van der Waals surface area contributed by atoms with Crippen molar-refractivity contribution in [2.45, 2.75) is 34.1 Å². The van der Waals surface area contributed by atoms with Crippen molar-refractivity contribution >= 4 is 45.6 Å². The number of pyridine rings is 1. The van der Waals surface area contributed by atoms with Gasteiger partial charge >= 0.3 is 174 Å². The van der Waals surface area contributed by atoms with Crippen LogP contribution in [-0.4, -0.2) is 15.0 Å². The molecule has 0 amide bonds. The molecule has 1 aliphatic rings. The Labute approximate surface area is 173 Å². The Morgan fingerprint density at radius 1 is 0.929 bits per heavy atom. The summed E-state index contributed by atoms with van der Waals surface area (Å²) < 4.78 is 5.57. The molecule has 4 aromatic rings. The second kappa shape index (κ2) is 6.17. The second-order valence-electron chi connectivity index (χ2n) is 9.18. The molecule has 0 unspecified atom stereocenters. The Balaban J connectivity index is 1.98. The van der Waals surface area contributed by atoms with E-state index in [9.17, 15) is 0 Å². The van der Waals surface area contributed by atoms with Crippen molar-refractivity contribution in [2.24, 2.45) is 12.5 Å². The first-order chi connectivity index (χ1) is 13.3. The maximum atomic E-state index is 2.45. The number of hydrogen-bond acceptors (Lipinski definition) is 0. The number of fused-ring (bicyclic) bond motifs is 3. The standard InChI is InChI=1S/C26H26NSe/c1-16-13-14-17-9-8-12-21-23(17)22(16)24-25(28-21)19(15-26(2,3)4)18-10-6-7-11-20(18)27(24)5/h6-14H,15H2,1-5H3/q+1. The Bertz CT molecular complexity index is 1260. The van der Waals surface area contributed by atoms with Gasteiger partial charge in [-0.05, 0) is 0 Å². The first kappa shape index (κ1) is 17.9. The number of benzene rings is 3. The normalized spacial score (nSPS) is 13.2. The van der Waals surface area contributed by atoms with Gasteiger partial charge in [-0.2, -0.15) is 0 Å². The van der Waals surface area contributed by atoms with Crippen molar-refractivity contribution in [1.29, 1.82) is 0 Å². The molecule has 0 spiro atoms. The van der Waals surface area contributed by atoms with Crippen LogP contribution in [0, 0.1) is 12.3 Å². The van der Waals surface area contributed by atoms with E-state index in [0.29, 0.717) is 15.0 Å². The summed E-state index contributed by atoms with van der Waals surface area (Å²) in [6.07, 6.45) is 1.11. The molecule has 1 aromatic heterocycles. The first-order valence-corrected chi connectivity index (χ1v) is 11.7. The van der Waals surface area contributed by atoms with E-state index < -0.39 is 0 Å². The quantitative estimate of drug-likeness (QED) is 0.275. The van der Waals surface area contributed by atoms with E-state index >= 15 is 0 Å². The van der Waals surface area contributed by atoms with Crippen LogP contribution < -0.4 is 13.5 Å². The third kappa shape index (κ3) is 2.63. The van der Waals surface area contributed by atoms with Gasteiger partial charge in [0.25, 0.3) is 0 Å². The predicted octanol–water partition coefficient (Wildman–Crippen LogP) is 4.35. The van der Waals surface area contributed by atoms with Gasteiger partial charge in [0.1, 0.15) is 0 Å². The fourth-order valence-corrected chi connectivity index (χ4v) is 7.40. The number of aryl methyl sites for hydroxylation is 2. The van der Waals surface area contributed by atoms with E-state index in [1.54, 1.807) is 10.0 Å². The molecule has 2 heteroatoms. The van der Waals surface area contributed by atoms with Crippen LogP contribution in [0.4, 0.5) is 0 Å². The molecule has 0 saturated heterocycles. The number of hydrogen-bond donors (Lipinski definition) is 0. The molecule has 0 N–H and O–H groups in total. The molecule has 0 bridgehead atoms. The van der Waals surface area contributed by atoms with Gasteiger partial charge in [0.05, 0.1) is 0 Å². The number of para-hydroxylation sites is 1. The van der Waals surface area contributed by atoms with Gasteiger partial charge < -0.3 is 0 Å². The van der Waals surface area contributed by atoms with Crippen molar-refractivity contribution in [1.82, 2.24) is 0 Å². The van der Waals surface area contributed by atoms with E-state index in [4.69, 9.17) is 0 Å². The monoisotopic (exact) mass is 432 g/mol. The molecule has 1 aliphatic heterocycles. The molecule has 28 heavy (non-hydrogen) atoms. The Kier molecular flexibility index (Phi) is 3.95. The summed E-state index contributed by atoms with van der Waals surface area (Å²) in [5, 5.41) is 4.27. The molecule has 2 heterocycles. The van der Waals surface area contributed by atoms with Crippen LogP contribution in [0.15, 0.2) is 54.6 Å². The van der Waals surface area contributed by atoms with Gasteiger partial charge in [-0.3, -0.25) is 0 Å². The van der Waals surface area contributed by atoms with Crippen LogP contribution in [0.1, 0.15) is 31.9 Å². The maximum absolute atomic E-state index is 2.45. The molecule has 1 nitrogen and oxygen atoms in total. The van der Waals surface area contributed by atoms with E-state index in [-0.39, 0.29) is 5.41 Å². The summed E-state index contributed by atoms with van der Waals surface area (Å²) in [6.45, 7) is 9.34. The van der Waals surface area contributed by atoms with Crippen molar-refractivity contribution in [2.75, 3.05) is 0 Å². The van der Waals surface area contributed by atoms with Crippen LogP contribution in [-0.2, 0) is 13.5 Å². The minimum atomic E-state index is 0.255. The van der Waals surface area contributed by atoms with Crippen LogP contribution in [0.2, 0.25) is 0 Å². The average molecular weight is 431 g/mol. The van der Waals surface area contributed by atoms with Crippen LogP contribution in [0.3, 0.4) is 0 Å². The molecule has 0 saturated carbocycles. The molecule has 0 aliphatic carbocycles. The molecular weight excluding hydrogens is 405 g/mol. The fraction of sp³-hybridized carbons (Fsp3) is 0.269. The third-order valence-electron chi connectivity index (χ3n) is 5.79. The topological polar surface area (TPSA) is 3.88 Å². The molecule has 3 aromatic carbocycles. The molecule has 0 fully saturated rings. The molecular formula is C26H26NSe+. The number of rotatable bonds is 1. The van der Waals surface area contributed by atoms with Crippen molar-refractivity contribution in [3.05, 3.63) is 65.7 Å². The SMILES string of the molecule is Cc1ccc2cccc3c2c1-c1c(c(CC(C)(C)C)c2ccccc2[n+]1C)[Se]3. The number of aromatic nitrogens is 1. The summed E-state index contributed by atoms with van der Waals surface area (Å²) in [4.78, 5) is 0. The minimum absolute atomic E-state index is 0.255. The van der Waals surface area contributed by atoms with Gasteiger partial charge in [-0.15, -0.1) is 0 Å². The zero-order valence-corrected chi connectivity index (χ0v) is 19.0. The van der Waals surface area contributed by atoms with Crippen LogP contribution in [0.5, 0.6) is 0 Å². The fourth-order valence-electron chi connectivity index (χ4n) is 4.61. The summed E-state index contributed by atoms with van der Waals surface area (Å²) >= 11 is 0.317. The van der Waals surface area contributed by atoms with E-state index in [1.165, 1.54) is 43.0 Å². The zero-order valence-electron chi connectivity index (χ0n) is 17.3. The second-order valence-corrected chi connectivity index (χ2v) is 11.4. The number of nitrogens with zero attached hydrogens (tertiary/aromatic N) is 1. The molecule has 5 rings (SSSR count). The average Bonchev–Trinajstić information content (AvgIpc) is 2.66. The van der Waals surface area contributed by atoms with Gasteiger partial charge in [-0.1, -0.05) is 0 Å². The van der Waals surface area contributed by atoms with Crippen molar-refractivity contribution in [3.63, 3.8) is 0 Å². The van der Waals surface area contributed by atoms with E-state index in [2.05, 4.69) is 93.9 Å². The summed E-state index contributed by atoms with van der Waals surface area (Å²) in [5.74, 6) is 0. The van der Waals surface area contributed by atoms with Gasteiger partial charge in [0.2, 0.25) is 0 Å². The van der Waals surface area contributed by atoms with Crippen molar-refractivity contribution in [3.8, 4) is 11.3 Å². The summed E-state index contributed by atoms with van der Waals surface area (Å²) in [5.41, 5.74) is 7.42. The van der Waals surface area contributed by atoms with Crippen LogP contribution in [0.25, 0.3) is 32.9 Å². The van der Waals surface area contributed by atoms with E-state index in [1.807, 2.05) is 0 Å².